The summed E-state index contributed by atoms with van der Waals surface area (Å²) in [6.07, 6.45) is 3.01. The molecular weight excluding hydrogens is 292 g/mol. The molecule has 1 aliphatic heterocycles. The number of furan rings is 1. The minimum atomic E-state index is -0.0849. The van der Waals surface area contributed by atoms with Crippen LogP contribution in [0.5, 0.6) is 0 Å². The van der Waals surface area contributed by atoms with Crippen molar-refractivity contribution in [1.29, 1.82) is 0 Å². The van der Waals surface area contributed by atoms with Crippen LogP contribution in [0.2, 0.25) is 0 Å². The molecule has 0 radical (unpaired) electrons. The molecule has 2 heterocycles. The van der Waals surface area contributed by atoms with Crippen LogP contribution in [0.1, 0.15) is 39.3 Å². The zero-order chi connectivity index (χ0) is 16.2. The number of nitrogens with one attached hydrogen (secondary N) is 1. The van der Waals surface area contributed by atoms with Crippen molar-refractivity contribution in [2.75, 3.05) is 13.1 Å². The first kappa shape index (κ1) is 15.3. The van der Waals surface area contributed by atoms with E-state index in [4.69, 9.17) is 4.42 Å². The smallest absolute Gasteiger partial charge is 0.289 e. The van der Waals surface area contributed by atoms with Gasteiger partial charge >= 0.3 is 0 Å². The van der Waals surface area contributed by atoms with Crippen molar-refractivity contribution in [1.82, 2.24) is 10.2 Å². The number of hydrogen-bond donors (Lipinski definition) is 1. The van der Waals surface area contributed by atoms with Gasteiger partial charge in [0.05, 0.1) is 6.26 Å². The van der Waals surface area contributed by atoms with E-state index in [1.807, 2.05) is 31.2 Å². The molecule has 3 rings (SSSR count). The van der Waals surface area contributed by atoms with Gasteiger partial charge in [-0.1, -0.05) is 17.7 Å². The molecule has 0 atom stereocenters. The Morgan fingerprint density at radius 2 is 1.83 bits per heavy atom. The van der Waals surface area contributed by atoms with Gasteiger partial charge in [0.1, 0.15) is 0 Å². The highest BCUT2D eigenvalue weighted by molar-refractivity contribution is 5.94. The summed E-state index contributed by atoms with van der Waals surface area (Å²) >= 11 is 0. The zero-order valence-electron chi connectivity index (χ0n) is 13.1. The summed E-state index contributed by atoms with van der Waals surface area (Å²) in [5, 5.41) is 3.05. The van der Waals surface area contributed by atoms with E-state index in [9.17, 15) is 9.59 Å². The molecule has 0 saturated carbocycles. The highest BCUT2D eigenvalue weighted by Gasteiger charge is 2.25. The van der Waals surface area contributed by atoms with Gasteiger partial charge in [-0.3, -0.25) is 9.59 Å². The third kappa shape index (κ3) is 3.62. The molecular formula is C18H20N2O3. The molecule has 120 valence electrons. The van der Waals surface area contributed by atoms with E-state index in [2.05, 4.69) is 5.32 Å². The molecule has 1 aromatic carbocycles. The van der Waals surface area contributed by atoms with Crippen LogP contribution < -0.4 is 5.32 Å². The zero-order valence-corrected chi connectivity index (χ0v) is 13.1. The van der Waals surface area contributed by atoms with E-state index in [0.29, 0.717) is 24.4 Å². The quantitative estimate of drug-likeness (QED) is 0.947. The number of hydrogen-bond acceptors (Lipinski definition) is 3. The number of piperidine rings is 1. The molecule has 2 aromatic rings. The Labute approximate surface area is 135 Å². The van der Waals surface area contributed by atoms with Crippen molar-refractivity contribution in [3.63, 3.8) is 0 Å². The summed E-state index contributed by atoms with van der Waals surface area (Å²) < 4.78 is 5.15. The average molecular weight is 312 g/mol. The molecule has 5 heteroatoms. The summed E-state index contributed by atoms with van der Waals surface area (Å²) in [4.78, 5) is 26.2. The molecule has 1 fully saturated rings. The van der Waals surface area contributed by atoms with Crippen LogP contribution in [0.4, 0.5) is 0 Å². The maximum atomic E-state index is 12.2. The average Bonchev–Trinajstić information content (AvgIpc) is 3.10. The number of aryl methyl sites for hydroxylation is 1. The predicted octanol–water partition coefficient (Wildman–Crippen LogP) is 2.62. The van der Waals surface area contributed by atoms with Crippen LogP contribution in [0.3, 0.4) is 0 Å². The van der Waals surface area contributed by atoms with Gasteiger partial charge in [-0.05, 0) is 44.0 Å². The molecule has 2 amide bonds. The van der Waals surface area contributed by atoms with Gasteiger partial charge in [0.25, 0.3) is 11.8 Å². The van der Waals surface area contributed by atoms with E-state index >= 15 is 0 Å². The van der Waals surface area contributed by atoms with Crippen LogP contribution in [0.25, 0.3) is 0 Å². The molecule has 1 saturated heterocycles. The lowest BCUT2D eigenvalue weighted by atomic mass is 10.0. The summed E-state index contributed by atoms with van der Waals surface area (Å²) in [5.41, 5.74) is 1.80. The van der Waals surface area contributed by atoms with Gasteiger partial charge in [0, 0.05) is 24.7 Å². The van der Waals surface area contributed by atoms with Crippen molar-refractivity contribution in [2.24, 2.45) is 0 Å². The standard InChI is InChI=1S/C18H20N2O3/c1-13-4-6-14(7-5-13)17(21)19-15-8-10-20(11-9-15)18(22)16-3-2-12-23-16/h2-7,12,15H,8-11H2,1H3,(H,19,21). The molecule has 1 aromatic heterocycles. The maximum absolute atomic E-state index is 12.2. The summed E-state index contributed by atoms with van der Waals surface area (Å²) in [7, 11) is 0. The summed E-state index contributed by atoms with van der Waals surface area (Å²) in [6, 6.07) is 11.0. The van der Waals surface area contributed by atoms with Crippen LogP contribution in [0, 0.1) is 6.92 Å². The van der Waals surface area contributed by atoms with Crippen molar-refractivity contribution in [2.45, 2.75) is 25.8 Å². The Balaban J connectivity index is 1.52. The minimum absolute atomic E-state index is 0.0548. The second-order valence-corrected chi connectivity index (χ2v) is 5.88. The fourth-order valence-corrected chi connectivity index (χ4v) is 2.76. The monoisotopic (exact) mass is 312 g/mol. The third-order valence-corrected chi connectivity index (χ3v) is 4.16. The van der Waals surface area contributed by atoms with Crippen LogP contribution in [-0.2, 0) is 0 Å². The van der Waals surface area contributed by atoms with Gasteiger partial charge in [0.2, 0.25) is 0 Å². The number of benzene rings is 1. The van der Waals surface area contributed by atoms with Crippen LogP contribution in [0.15, 0.2) is 47.1 Å². The first-order chi connectivity index (χ1) is 11.1. The molecule has 0 spiro atoms. The topological polar surface area (TPSA) is 62.6 Å². The number of amides is 2. The number of likely N-dealkylation sites (tertiary alicyclic amines) is 1. The van der Waals surface area contributed by atoms with E-state index in [1.165, 1.54) is 6.26 Å². The van der Waals surface area contributed by atoms with Crippen LogP contribution in [-0.4, -0.2) is 35.8 Å². The van der Waals surface area contributed by atoms with Crippen molar-refractivity contribution in [3.05, 3.63) is 59.5 Å². The van der Waals surface area contributed by atoms with Gasteiger partial charge in [-0.2, -0.15) is 0 Å². The number of nitrogens with zero attached hydrogens (tertiary/aromatic N) is 1. The first-order valence-electron chi connectivity index (χ1n) is 7.84. The maximum Gasteiger partial charge on any atom is 0.289 e. The second kappa shape index (κ2) is 6.69. The molecule has 0 bridgehead atoms. The lowest BCUT2D eigenvalue weighted by Crippen LogP contribution is -2.46. The van der Waals surface area contributed by atoms with E-state index < -0.39 is 0 Å². The molecule has 0 unspecified atom stereocenters. The van der Waals surface area contributed by atoms with Gasteiger partial charge in [-0.15, -0.1) is 0 Å². The molecule has 23 heavy (non-hydrogen) atoms. The fraction of sp³-hybridized carbons (Fsp3) is 0.333. The summed E-state index contributed by atoms with van der Waals surface area (Å²) in [5.74, 6) is 0.228. The van der Waals surface area contributed by atoms with Crippen molar-refractivity contribution in [3.8, 4) is 0 Å². The Hall–Kier alpha value is -2.56. The molecule has 1 aliphatic rings. The first-order valence-corrected chi connectivity index (χ1v) is 7.84. The summed E-state index contributed by atoms with van der Waals surface area (Å²) in [6.45, 7) is 3.24. The Kier molecular flexibility index (Phi) is 4.46. The van der Waals surface area contributed by atoms with E-state index in [-0.39, 0.29) is 17.9 Å². The number of carbonyl (C=O) groups excluding carboxylic acids is 2. The van der Waals surface area contributed by atoms with Gasteiger partial charge < -0.3 is 14.6 Å². The number of rotatable bonds is 3. The largest absolute Gasteiger partial charge is 0.459 e. The lowest BCUT2D eigenvalue weighted by Gasteiger charge is -2.31. The van der Waals surface area contributed by atoms with Crippen LogP contribution >= 0.6 is 0 Å². The molecule has 5 nitrogen and oxygen atoms in total. The normalized spacial score (nSPS) is 15.4. The Bertz CT molecular complexity index is 669. The molecule has 0 aliphatic carbocycles. The highest BCUT2D eigenvalue weighted by Crippen LogP contribution is 2.15. The van der Waals surface area contributed by atoms with Gasteiger partial charge in [-0.25, -0.2) is 0 Å². The van der Waals surface area contributed by atoms with E-state index in [1.54, 1.807) is 17.0 Å². The predicted molar refractivity (Wildman–Crippen MR) is 86.3 cm³/mol. The van der Waals surface area contributed by atoms with Crippen molar-refractivity contribution >= 4 is 11.8 Å². The Morgan fingerprint density at radius 1 is 1.13 bits per heavy atom. The van der Waals surface area contributed by atoms with Crippen molar-refractivity contribution < 1.29 is 14.0 Å². The van der Waals surface area contributed by atoms with E-state index in [0.717, 1.165) is 18.4 Å². The fourth-order valence-electron chi connectivity index (χ4n) is 2.76. The lowest BCUT2D eigenvalue weighted by molar-refractivity contribution is 0.0667. The second-order valence-electron chi connectivity index (χ2n) is 5.88. The minimum Gasteiger partial charge on any atom is -0.459 e. The highest BCUT2D eigenvalue weighted by atomic mass is 16.3. The number of carbonyl (C=O) groups is 2. The third-order valence-electron chi connectivity index (χ3n) is 4.16. The molecule has 1 N–H and O–H groups in total. The van der Waals surface area contributed by atoms with Gasteiger partial charge in [0.15, 0.2) is 5.76 Å². The Morgan fingerprint density at radius 3 is 2.43 bits per heavy atom. The SMILES string of the molecule is Cc1ccc(C(=O)NC2CCN(C(=O)c3ccco3)CC2)cc1.